The molecule has 0 N–H and O–H groups in total. The van der Waals surface area contributed by atoms with E-state index in [1.807, 2.05) is 49.4 Å². The van der Waals surface area contributed by atoms with E-state index >= 15 is 0 Å². The maximum atomic E-state index is 13.7. The van der Waals surface area contributed by atoms with Crippen LogP contribution in [0, 0.1) is 0 Å². The summed E-state index contributed by atoms with van der Waals surface area (Å²) in [5.74, 6) is 1.05. The lowest BCUT2D eigenvalue weighted by molar-refractivity contribution is -0.150. The summed E-state index contributed by atoms with van der Waals surface area (Å²) < 4.78 is 24.3. The fourth-order valence-electron chi connectivity index (χ4n) is 4.55. The van der Waals surface area contributed by atoms with Gasteiger partial charge in [-0.15, -0.1) is 6.58 Å². The van der Waals surface area contributed by atoms with Crippen LogP contribution in [0.25, 0.3) is 33.5 Å². The number of allylic oxidation sites excluding steroid dienone is 1. The lowest BCUT2D eigenvalue weighted by Crippen LogP contribution is -2.26. The molecule has 0 spiro atoms. The normalized spacial score (nSPS) is 12.1. The Morgan fingerprint density at radius 2 is 1.88 bits per heavy atom. The number of carbonyl (C=O) groups is 1. The minimum Gasteiger partial charge on any atom is -0.490 e. The number of furan rings is 1. The van der Waals surface area contributed by atoms with Crippen molar-refractivity contribution in [3.63, 3.8) is 0 Å². The van der Waals surface area contributed by atoms with E-state index in [0.717, 1.165) is 10.9 Å². The molecule has 0 fully saturated rings. The molecule has 3 aromatic carbocycles. The van der Waals surface area contributed by atoms with Gasteiger partial charge in [-0.2, -0.15) is 9.78 Å². The second-order valence-electron chi connectivity index (χ2n) is 9.41. The van der Waals surface area contributed by atoms with E-state index in [1.165, 1.54) is 4.68 Å². The first-order valence-electron chi connectivity index (χ1n) is 13.7. The molecule has 2 aromatic heterocycles. The zero-order chi connectivity index (χ0) is 29.6. The number of carbonyl (C=O) groups excluding carboxylic acids is 1. The van der Waals surface area contributed by atoms with Gasteiger partial charge in [-0.25, -0.2) is 9.78 Å². The number of esters is 1. The smallest absolute Gasteiger partial charge is 0.347 e. The molecule has 0 saturated carbocycles. The molecule has 5 rings (SSSR count). The Morgan fingerprint density at radius 3 is 2.64 bits per heavy atom. The SMILES string of the molecule is C=CCc1cc(C=Nn2c(-c3cc4ccccc4o3)nc3ccccc3c2=O)cc(OCC)c1O[C@@H](C)C(=O)OCC. The molecule has 0 aliphatic heterocycles. The number of ether oxygens (including phenoxy) is 3. The van der Waals surface area contributed by atoms with Crippen molar-refractivity contribution in [3.05, 3.63) is 101 Å². The van der Waals surface area contributed by atoms with Crippen molar-refractivity contribution >= 4 is 34.1 Å². The minimum atomic E-state index is -0.846. The standard InChI is InChI=1S/C33H31N3O6/c1-5-12-24-17-22(18-28(39-6-2)30(24)41-21(4)33(38)40-7-3)20-34-36-31(29-19-23-13-8-11-16-27(23)42-29)35-26-15-10-9-14-25(26)32(36)37/h5,8-11,13-21H,1,6-7,12H2,2-4H3/t21-/m0/s1. The Balaban J connectivity index is 1.62. The number of fused-ring (bicyclic) bond motifs is 2. The van der Waals surface area contributed by atoms with Gasteiger partial charge in [0.25, 0.3) is 5.56 Å². The number of rotatable bonds is 11. The first kappa shape index (κ1) is 28.4. The van der Waals surface area contributed by atoms with E-state index in [0.29, 0.717) is 52.3 Å². The first-order chi connectivity index (χ1) is 20.4. The molecular formula is C33H31N3O6. The minimum absolute atomic E-state index is 0.249. The van der Waals surface area contributed by atoms with Crippen LogP contribution in [0.2, 0.25) is 0 Å². The molecule has 0 aliphatic carbocycles. The second kappa shape index (κ2) is 12.6. The average Bonchev–Trinajstić information content (AvgIpc) is 3.43. The van der Waals surface area contributed by atoms with Crippen LogP contribution in [0.5, 0.6) is 11.5 Å². The number of hydrogen-bond acceptors (Lipinski definition) is 8. The number of nitrogens with zero attached hydrogens (tertiary/aromatic N) is 3. The molecule has 0 bridgehead atoms. The van der Waals surface area contributed by atoms with Crippen LogP contribution < -0.4 is 15.0 Å². The van der Waals surface area contributed by atoms with E-state index in [1.54, 1.807) is 50.4 Å². The molecule has 214 valence electrons. The van der Waals surface area contributed by atoms with Gasteiger partial charge in [-0.05, 0) is 69.2 Å². The third kappa shape index (κ3) is 5.81. The second-order valence-corrected chi connectivity index (χ2v) is 9.41. The maximum Gasteiger partial charge on any atom is 0.347 e. The summed E-state index contributed by atoms with van der Waals surface area (Å²) in [4.78, 5) is 30.7. The Bertz CT molecular complexity index is 1820. The maximum absolute atomic E-state index is 13.7. The lowest BCUT2D eigenvalue weighted by Gasteiger charge is -2.20. The van der Waals surface area contributed by atoms with E-state index < -0.39 is 12.1 Å². The summed E-state index contributed by atoms with van der Waals surface area (Å²) in [6.07, 6.45) is 2.87. The third-order valence-electron chi connectivity index (χ3n) is 6.45. The summed E-state index contributed by atoms with van der Waals surface area (Å²) >= 11 is 0. The van der Waals surface area contributed by atoms with E-state index in [4.69, 9.17) is 23.6 Å². The highest BCUT2D eigenvalue weighted by Gasteiger charge is 2.22. The summed E-state index contributed by atoms with van der Waals surface area (Å²) in [5.41, 5.74) is 2.24. The average molecular weight is 566 g/mol. The fraction of sp³-hybridized carbons (Fsp3) is 0.212. The lowest BCUT2D eigenvalue weighted by atomic mass is 10.1. The topological polar surface area (TPSA) is 105 Å². The van der Waals surface area contributed by atoms with E-state index in [2.05, 4.69) is 11.7 Å². The molecule has 2 heterocycles. The van der Waals surface area contributed by atoms with Crippen molar-refractivity contribution in [2.45, 2.75) is 33.3 Å². The van der Waals surface area contributed by atoms with Crippen LogP contribution in [0.4, 0.5) is 0 Å². The number of para-hydroxylation sites is 2. The zero-order valence-corrected chi connectivity index (χ0v) is 23.7. The van der Waals surface area contributed by atoms with Crippen LogP contribution in [-0.4, -0.2) is 41.2 Å². The van der Waals surface area contributed by atoms with Crippen molar-refractivity contribution in [2.75, 3.05) is 13.2 Å². The molecule has 0 aliphatic rings. The molecule has 9 nitrogen and oxygen atoms in total. The van der Waals surface area contributed by atoms with Crippen molar-refractivity contribution in [2.24, 2.45) is 5.10 Å². The molecule has 0 unspecified atom stereocenters. The van der Waals surface area contributed by atoms with Crippen molar-refractivity contribution in [1.82, 2.24) is 9.66 Å². The molecule has 0 saturated heterocycles. The third-order valence-corrected chi connectivity index (χ3v) is 6.45. The van der Waals surface area contributed by atoms with Gasteiger partial charge >= 0.3 is 5.97 Å². The van der Waals surface area contributed by atoms with Gasteiger partial charge in [0.2, 0.25) is 5.82 Å². The molecule has 0 amide bonds. The van der Waals surface area contributed by atoms with Gasteiger partial charge in [0.05, 0.1) is 30.3 Å². The summed E-state index contributed by atoms with van der Waals surface area (Å²) in [6, 6.07) is 20.1. The summed E-state index contributed by atoms with van der Waals surface area (Å²) in [6.45, 7) is 9.69. The van der Waals surface area contributed by atoms with Gasteiger partial charge in [0, 0.05) is 10.9 Å². The summed E-state index contributed by atoms with van der Waals surface area (Å²) in [7, 11) is 0. The largest absolute Gasteiger partial charge is 0.490 e. The monoisotopic (exact) mass is 565 g/mol. The fourth-order valence-corrected chi connectivity index (χ4v) is 4.55. The predicted octanol–water partition coefficient (Wildman–Crippen LogP) is 6.15. The molecular weight excluding hydrogens is 534 g/mol. The van der Waals surface area contributed by atoms with E-state index in [9.17, 15) is 9.59 Å². The highest BCUT2D eigenvalue weighted by Crippen LogP contribution is 2.35. The Hall–Kier alpha value is -5.18. The van der Waals surface area contributed by atoms with Crippen molar-refractivity contribution < 1.29 is 23.4 Å². The van der Waals surface area contributed by atoms with Crippen LogP contribution in [0.15, 0.2) is 93.7 Å². The van der Waals surface area contributed by atoms with Gasteiger partial charge in [-0.1, -0.05) is 36.4 Å². The molecule has 42 heavy (non-hydrogen) atoms. The Labute approximate surface area is 242 Å². The van der Waals surface area contributed by atoms with Crippen LogP contribution in [0.3, 0.4) is 0 Å². The van der Waals surface area contributed by atoms with Gasteiger partial charge in [0.1, 0.15) is 5.58 Å². The quantitative estimate of drug-likeness (QED) is 0.107. The zero-order valence-electron chi connectivity index (χ0n) is 23.7. The van der Waals surface area contributed by atoms with Gasteiger partial charge in [0.15, 0.2) is 23.4 Å². The van der Waals surface area contributed by atoms with Gasteiger partial charge < -0.3 is 18.6 Å². The summed E-state index contributed by atoms with van der Waals surface area (Å²) in [5, 5.41) is 5.89. The van der Waals surface area contributed by atoms with Crippen LogP contribution in [0.1, 0.15) is 31.9 Å². The van der Waals surface area contributed by atoms with E-state index in [-0.39, 0.29) is 18.0 Å². The molecule has 1 atom stereocenters. The van der Waals surface area contributed by atoms with Crippen molar-refractivity contribution in [3.8, 4) is 23.1 Å². The highest BCUT2D eigenvalue weighted by atomic mass is 16.6. The molecule has 9 heteroatoms. The predicted molar refractivity (Wildman–Crippen MR) is 162 cm³/mol. The number of hydrogen-bond donors (Lipinski definition) is 0. The number of aromatic nitrogens is 2. The molecule has 5 aromatic rings. The molecule has 0 radical (unpaired) electrons. The van der Waals surface area contributed by atoms with Crippen LogP contribution >= 0.6 is 0 Å². The number of benzene rings is 3. The first-order valence-corrected chi connectivity index (χ1v) is 13.7. The Kier molecular flexibility index (Phi) is 8.47. The van der Waals surface area contributed by atoms with Crippen LogP contribution in [-0.2, 0) is 16.0 Å². The Morgan fingerprint density at radius 1 is 1.10 bits per heavy atom. The van der Waals surface area contributed by atoms with Gasteiger partial charge in [-0.3, -0.25) is 4.79 Å². The van der Waals surface area contributed by atoms with Crippen molar-refractivity contribution in [1.29, 1.82) is 0 Å². The highest BCUT2D eigenvalue weighted by molar-refractivity contribution is 5.85.